The van der Waals surface area contributed by atoms with Crippen molar-refractivity contribution in [3.63, 3.8) is 0 Å². The zero-order valence-corrected chi connectivity index (χ0v) is 15.4. The average Bonchev–Trinajstić information content (AvgIpc) is 2.47. The van der Waals surface area contributed by atoms with E-state index < -0.39 is 10.0 Å². The predicted molar refractivity (Wildman–Crippen MR) is 80.6 cm³/mol. The molecule has 112 valence electrons. The van der Waals surface area contributed by atoms with Crippen molar-refractivity contribution in [1.29, 1.82) is 0 Å². The van der Waals surface area contributed by atoms with E-state index in [1.54, 1.807) is 30.3 Å². The van der Waals surface area contributed by atoms with Crippen molar-refractivity contribution in [3.05, 3.63) is 47.2 Å². The number of anilines is 1. The average molecular weight is 330 g/mol. The molecule has 0 saturated heterocycles. The Bertz CT molecular complexity index is 736. The molecule has 0 atom stereocenters. The van der Waals surface area contributed by atoms with Crippen LogP contribution in [0.15, 0.2) is 47.4 Å². The molecule has 0 aliphatic heterocycles. The molecule has 0 aromatic heterocycles. The van der Waals surface area contributed by atoms with Gasteiger partial charge in [0.2, 0.25) is 0 Å². The molecule has 8 heteroatoms. The largest absolute Gasteiger partial charge is 1.00 e. The van der Waals surface area contributed by atoms with Gasteiger partial charge in [-0.1, -0.05) is 30.3 Å². The Morgan fingerprint density at radius 2 is 1.59 bits per heavy atom. The second kappa shape index (κ2) is 7.73. The minimum atomic E-state index is -3.94. The van der Waals surface area contributed by atoms with Gasteiger partial charge in [0.25, 0.3) is 0 Å². The minimum Gasteiger partial charge on any atom is -0.573 e. The third-order valence-corrected chi connectivity index (χ3v) is 4.10. The van der Waals surface area contributed by atoms with Crippen molar-refractivity contribution in [2.75, 3.05) is 20.0 Å². The van der Waals surface area contributed by atoms with Crippen LogP contribution in [0.2, 0.25) is 0 Å². The van der Waals surface area contributed by atoms with Crippen LogP contribution in [0, 0.1) is 0 Å². The van der Waals surface area contributed by atoms with Gasteiger partial charge < -0.3 is 19.9 Å². The fourth-order valence-corrected chi connectivity index (χ4v) is 2.92. The first-order valence-electron chi connectivity index (χ1n) is 6.02. The number of methoxy groups -OCH3 is 2. The molecule has 6 nitrogen and oxygen atoms in total. The van der Waals surface area contributed by atoms with Gasteiger partial charge in [-0.15, -0.1) is 5.69 Å². The molecule has 22 heavy (non-hydrogen) atoms. The molecule has 0 heterocycles. The fraction of sp³-hybridized carbons (Fsp3) is 0.143. The summed E-state index contributed by atoms with van der Waals surface area (Å²) in [6, 6.07) is 11.1. The first kappa shape index (κ1) is 18.6. The quantitative estimate of drug-likeness (QED) is 0.599. The monoisotopic (exact) mass is 330 g/mol. The standard InChI is InChI=1S/C14H15N2O4S.Na/c1-19-12-9-14(13(20-2)8-11(12)15)21(17,18)16-10-6-4-3-5-7-10;/h3-9H,15H2,1-2H3;/q-1;+1. The number of nitrogens with two attached hydrogens (primary N) is 1. The van der Waals surface area contributed by atoms with Crippen LogP contribution < -0.4 is 44.8 Å². The topological polar surface area (TPSA) is 92.7 Å². The second-order valence-corrected chi connectivity index (χ2v) is 5.72. The van der Waals surface area contributed by atoms with Gasteiger partial charge in [0.15, 0.2) is 0 Å². The molecule has 0 radical (unpaired) electrons. The van der Waals surface area contributed by atoms with Gasteiger partial charge in [-0.2, -0.15) is 0 Å². The number of rotatable bonds is 5. The number of nitrogen functional groups attached to an aromatic ring is 1. The molecule has 0 aliphatic carbocycles. The molecule has 0 amide bonds. The molecular weight excluding hydrogens is 315 g/mol. The first-order chi connectivity index (χ1) is 9.97. The van der Waals surface area contributed by atoms with E-state index in [1.165, 1.54) is 26.4 Å². The van der Waals surface area contributed by atoms with Gasteiger partial charge in [0.1, 0.15) is 21.5 Å². The van der Waals surface area contributed by atoms with Crippen LogP contribution in [0.4, 0.5) is 11.4 Å². The Hall–Kier alpha value is -1.41. The van der Waals surface area contributed by atoms with Crippen molar-refractivity contribution in [2.45, 2.75) is 4.90 Å². The maximum Gasteiger partial charge on any atom is 1.00 e. The number of hydrogen-bond acceptors (Lipinski definition) is 5. The molecule has 0 unspecified atom stereocenters. The summed E-state index contributed by atoms with van der Waals surface area (Å²) in [4.78, 5) is -0.0973. The molecule has 2 N–H and O–H groups in total. The normalized spacial score (nSPS) is 10.5. The van der Waals surface area contributed by atoms with Gasteiger partial charge in [0, 0.05) is 12.1 Å². The summed E-state index contributed by atoms with van der Waals surface area (Å²) in [6.07, 6.45) is 0. The van der Waals surface area contributed by atoms with Crippen molar-refractivity contribution in [2.24, 2.45) is 0 Å². The van der Waals surface area contributed by atoms with Crippen LogP contribution >= 0.6 is 0 Å². The van der Waals surface area contributed by atoms with E-state index in [0.717, 1.165) is 0 Å². The van der Waals surface area contributed by atoms with E-state index in [0.29, 0.717) is 5.69 Å². The first-order valence-corrected chi connectivity index (χ1v) is 7.46. The molecule has 2 aromatic rings. The van der Waals surface area contributed by atoms with E-state index in [9.17, 15) is 8.42 Å². The molecule has 0 aliphatic rings. The number of sulfonamides is 1. The van der Waals surface area contributed by atoms with Gasteiger partial charge in [-0.05, 0) is 0 Å². The summed E-state index contributed by atoms with van der Waals surface area (Å²) in [7, 11) is -1.17. The molecule has 0 fully saturated rings. The Morgan fingerprint density at radius 1 is 1.00 bits per heavy atom. The van der Waals surface area contributed by atoms with Crippen molar-refractivity contribution >= 4 is 21.4 Å². The van der Waals surface area contributed by atoms with Gasteiger partial charge >= 0.3 is 29.6 Å². The Balaban J connectivity index is 0.00000242. The molecule has 0 spiro atoms. The SMILES string of the molecule is COc1cc(S(=O)(=O)[N-]c2ccccc2)c(OC)cc1N.[Na+]. The molecule has 2 aromatic carbocycles. The van der Waals surface area contributed by atoms with Crippen LogP contribution in [0.25, 0.3) is 4.72 Å². The van der Waals surface area contributed by atoms with Gasteiger partial charge in [-0.25, -0.2) is 8.42 Å². The van der Waals surface area contributed by atoms with Crippen LogP contribution in [-0.2, 0) is 10.0 Å². The summed E-state index contributed by atoms with van der Waals surface area (Å²) in [5.41, 5.74) is 6.36. The Morgan fingerprint density at radius 3 is 2.14 bits per heavy atom. The fourth-order valence-electron chi connectivity index (χ4n) is 1.77. The van der Waals surface area contributed by atoms with Gasteiger partial charge in [0.05, 0.1) is 24.8 Å². The zero-order valence-electron chi connectivity index (χ0n) is 12.6. The van der Waals surface area contributed by atoms with E-state index in [2.05, 4.69) is 4.72 Å². The molecule has 0 saturated carbocycles. The number of benzene rings is 2. The second-order valence-electron chi connectivity index (χ2n) is 4.15. The van der Waals surface area contributed by atoms with Crippen LogP contribution in [0.3, 0.4) is 0 Å². The van der Waals surface area contributed by atoms with Crippen LogP contribution in [0.1, 0.15) is 0 Å². The zero-order chi connectivity index (χ0) is 15.5. The maximum atomic E-state index is 12.4. The summed E-state index contributed by atoms with van der Waals surface area (Å²) < 4.78 is 38.7. The van der Waals surface area contributed by atoms with Crippen LogP contribution in [-0.4, -0.2) is 22.6 Å². The van der Waals surface area contributed by atoms with Crippen molar-refractivity contribution in [3.8, 4) is 11.5 Å². The third-order valence-electron chi connectivity index (χ3n) is 2.78. The number of ether oxygens (including phenoxy) is 2. The molecule has 2 rings (SSSR count). The Labute approximate surface area is 152 Å². The molecule has 0 bridgehead atoms. The van der Waals surface area contributed by atoms with Crippen LogP contribution in [0.5, 0.6) is 11.5 Å². The number of nitrogens with zero attached hydrogens (tertiary/aromatic N) is 1. The Kier molecular flexibility index (Phi) is 6.55. The van der Waals surface area contributed by atoms with Crippen molar-refractivity contribution in [1.82, 2.24) is 0 Å². The van der Waals surface area contributed by atoms with Crippen molar-refractivity contribution < 1.29 is 47.4 Å². The van der Waals surface area contributed by atoms with E-state index in [-0.39, 0.29) is 51.6 Å². The van der Waals surface area contributed by atoms with E-state index >= 15 is 0 Å². The molecular formula is C14H15N2NaO4S. The van der Waals surface area contributed by atoms with Gasteiger partial charge in [-0.3, -0.25) is 0 Å². The van der Waals surface area contributed by atoms with E-state index in [1.807, 2.05) is 0 Å². The minimum absolute atomic E-state index is 0. The summed E-state index contributed by atoms with van der Waals surface area (Å²) >= 11 is 0. The smallest absolute Gasteiger partial charge is 0.573 e. The summed E-state index contributed by atoms with van der Waals surface area (Å²) in [6.45, 7) is 0. The van der Waals surface area contributed by atoms with E-state index in [4.69, 9.17) is 15.2 Å². The summed E-state index contributed by atoms with van der Waals surface area (Å²) in [5.74, 6) is 0.366. The third kappa shape index (κ3) is 4.07. The summed E-state index contributed by atoms with van der Waals surface area (Å²) in [5, 5.41) is 0. The number of hydrogen-bond donors (Lipinski definition) is 1. The predicted octanol–water partition coefficient (Wildman–Crippen LogP) is -0.316. The maximum absolute atomic E-state index is 12.4.